The molecule has 0 bridgehead atoms. The van der Waals surface area contributed by atoms with E-state index in [1.807, 2.05) is 55.1 Å². The molecule has 0 aliphatic heterocycles. The molecule has 3 aromatic carbocycles. The predicted octanol–water partition coefficient (Wildman–Crippen LogP) is 6.33. The van der Waals surface area contributed by atoms with Crippen molar-refractivity contribution in [2.45, 2.75) is 23.7 Å². The van der Waals surface area contributed by atoms with Crippen LogP contribution in [0.15, 0.2) is 84.0 Å². The number of hydrogen-bond acceptors (Lipinski definition) is 8. The topological polar surface area (TPSA) is 117 Å². The molecule has 6 rings (SSSR count). The van der Waals surface area contributed by atoms with E-state index >= 15 is 0 Å². The van der Waals surface area contributed by atoms with Gasteiger partial charge in [-0.1, -0.05) is 23.8 Å². The predicted molar refractivity (Wildman–Crippen MR) is 179 cm³/mol. The first-order chi connectivity index (χ1) is 22.2. The van der Waals surface area contributed by atoms with Crippen molar-refractivity contribution in [3.63, 3.8) is 0 Å². The van der Waals surface area contributed by atoms with E-state index < -0.39 is 15.2 Å². The summed E-state index contributed by atoms with van der Waals surface area (Å²) in [6.45, 7) is 2.14. The smallest absolute Gasteiger partial charge is 0.198 e. The van der Waals surface area contributed by atoms with Crippen LogP contribution in [-0.2, 0) is 23.4 Å². The molecule has 3 heterocycles. The van der Waals surface area contributed by atoms with Gasteiger partial charge in [-0.25, -0.2) is 13.4 Å². The summed E-state index contributed by atoms with van der Waals surface area (Å²) in [4.78, 5) is 8.23. The van der Waals surface area contributed by atoms with Gasteiger partial charge in [0.1, 0.15) is 22.5 Å². The van der Waals surface area contributed by atoms with Crippen LogP contribution in [0.4, 0.5) is 0 Å². The molecule has 46 heavy (non-hydrogen) atoms. The fourth-order valence-corrected chi connectivity index (χ4v) is 7.43. The first-order valence-electron chi connectivity index (χ1n) is 14.6. The van der Waals surface area contributed by atoms with Gasteiger partial charge in [0.25, 0.3) is 0 Å². The van der Waals surface area contributed by atoms with Gasteiger partial charge in [0.15, 0.2) is 21.3 Å². The number of rotatable bonds is 11. The number of H-pyrrole nitrogens is 1. The van der Waals surface area contributed by atoms with E-state index in [1.165, 1.54) is 0 Å². The number of nitrogens with one attached hydrogen (secondary N) is 2. The van der Waals surface area contributed by atoms with Gasteiger partial charge >= 0.3 is 0 Å². The van der Waals surface area contributed by atoms with Crippen molar-refractivity contribution in [1.82, 2.24) is 19.9 Å². The third kappa shape index (κ3) is 5.52. The summed E-state index contributed by atoms with van der Waals surface area (Å²) in [5.41, 5.74) is 5.55. The van der Waals surface area contributed by atoms with E-state index in [0.29, 0.717) is 39.6 Å². The van der Waals surface area contributed by atoms with E-state index in [4.69, 9.17) is 18.9 Å². The average molecular weight is 641 g/mol. The summed E-state index contributed by atoms with van der Waals surface area (Å²) in [6.07, 6.45) is 3.64. The summed E-state index contributed by atoms with van der Waals surface area (Å²) < 4.78 is 52.8. The number of methoxy groups -OCH3 is 4. The molecular formula is C35H36N4O6S. The van der Waals surface area contributed by atoms with Crippen LogP contribution < -0.4 is 24.3 Å². The molecule has 0 radical (unpaired) electrons. The van der Waals surface area contributed by atoms with Crippen molar-refractivity contribution in [1.29, 1.82) is 0 Å². The summed E-state index contributed by atoms with van der Waals surface area (Å²) >= 11 is 0. The Labute approximate surface area is 267 Å². The molecule has 0 saturated carbocycles. The van der Waals surface area contributed by atoms with Gasteiger partial charge < -0.3 is 28.5 Å². The van der Waals surface area contributed by atoms with Gasteiger partial charge in [0.2, 0.25) is 0 Å². The molecule has 0 amide bonds. The summed E-state index contributed by atoms with van der Waals surface area (Å²) in [6, 6.07) is 19.9. The summed E-state index contributed by atoms with van der Waals surface area (Å²) in [7, 11) is 4.42. The van der Waals surface area contributed by atoms with Gasteiger partial charge in [-0.2, -0.15) is 0 Å². The van der Waals surface area contributed by atoms with Gasteiger partial charge in [-0.15, -0.1) is 0 Å². The van der Waals surface area contributed by atoms with Crippen LogP contribution in [0.25, 0.3) is 33.2 Å². The second-order valence-corrected chi connectivity index (χ2v) is 13.1. The zero-order chi connectivity index (χ0) is 32.6. The van der Waals surface area contributed by atoms with E-state index in [9.17, 15) is 8.42 Å². The fourth-order valence-electron chi connectivity index (χ4n) is 5.80. The first-order valence-corrected chi connectivity index (χ1v) is 16.2. The SMILES string of the molecule is COc1ccc(CNC(c2ccnc3[nH]c(-c4cn(C)c5cc(OC)c(OC)cc45)cc23)S(=O)(=O)c2ccc(C)cc2)c(OC)c1. The van der Waals surface area contributed by atoms with Gasteiger partial charge in [-0.3, -0.25) is 5.32 Å². The number of fused-ring (bicyclic) bond motifs is 2. The molecule has 1 atom stereocenters. The van der Waals surface area contributed by atoms with Crippen molar-refractivity contribution in [3.05, 3.63) is 95.8 Å². The maximum Gasteiger partial charge on any atom is 0.198 e. The number of ether oxygens (including phenoxy) is 4. The first kappa shape index (κ1) is 31.0. The molecular weight excluding hydrogens is 604 g/mol. The molecule has 10 nitrogen and oxygen atoms in total. The van der Waals surface area contributed by atoms with Crippen LogP contribution in [0.3, 0.4) is 0 Å². The van der Waals surface area contributed by atoms with Crippen molar-refractivity contribution in [2.24, 2.45) is 7.05 Å². The van der Waals surface area contributed by atoms with E-state index in [0.717, 1.165) is 33.3 Å². The summed E-state index contributed by atoms with van der Waals surface area (Å²) in [5, 5.41) is 3.86. The minimum atomic E-state index is -3.92. The second kappa shape index (κ2) is 12.4. The third-order valence-corrected chi connectivity index (χ3v) is 10.2. The number of benzene rings is 3. The largest absolute Gasteiger partial charge is 0.497 e. The lowest BCUT2D eigenvalue weighted by molar-refractivity contribution is 0.355. The number of nitrogens with zero attached hydrogens (tertiary/aromatic N) is 2. The Kier molecular flexibility index (Phi) is 8.37. The lowest BCUT2D eigenvalue weighted by Crippen LogP contribution is -2.29. The highest BCUT2D eigenvalue weighted by Gasteiger charge is 2.31. The minimum absolute atomic E-state index is 0.216. The van der Waals surface area contributed by atoms with E-state index in [2.05, 4.69) is 15.3 Å². The van der Waals surface area contributed by atoms with Crippen LogP contribution in [0, 0.1) is 6.92 Å². The normalized spacial score (nSPS) is 12.4. The Hall–Kier alpha value is -5.00. The highest BCUT2D eigenvalue weighted by molar-refractivity contribution is 7.91. The van der Waals surface area contributed by atoms with Gasteiger partial charge in [-0.05, 0) is 48.9 Å². The number of aryl methyl sites for hydroxylation is 2. The molecule has 0 fully saturated rings. The highest BCUT2D eigenvalue weighted by Crippen LogP contribution is 2.40. The number of sulfone groups is 1. The van der Waals surface area contributed by atoms with Crippen molar-refractivity contribution < 1.29 is 27.4 Å². The van der Waals surface area contributed by atoms with Crippen LogP contribution in [0.1, 0.15) is 22.1 Å². The Morgan fingerprint density at radius 3 is 2.26 bits per heavy atom. The zero-order valence-corrected chi connectivity index (χ0v) is 27.4. The highest BCUT2D eigenvalue weighted by atomic mass is 32.2. The maximum absolute atomic E-state index is 14.4. The van der Waals surface area contributed by atoms with Gasteiger partial charge in [0, 0.05) is 65.7 Å². The molecule has 2 N–H and O–H groups in total. The molecule has 11 heteroatoms. The second-order valence-electron chi connectivity index (χ2n) is 11.0. The molecule has 0 aliphatic rings. The third-order valence-electron chi connectivity index (χ3n) is 8.26. The molecule has 238 valence electrons. The quantitative estimate of drug-likeness (QED) is 0.169. The Balaban J connectivity index is 1.48. The van der Waals surface area contributed by atoms with Crippen molar-refractivity contribution in [3.8, 4) is 34.3 Å². The van der Waals surface area contributed by atoms with Crippen molar-refractivity contribution >= 4 is 31.8 Å². The van der Waals surface area contributed by atoms with Crippen LogP contribution in [0.2, 0.25) is 0 Å². The number of aromatic amines is 1. The molecule has 3 aromatic heterocycles. The van der Waals surface area contributed by atoms with Gasteiger partial charge in [0.05, 0.1) is 38.9 Å². The molecule has 0 aliphatic carbocycles. The lowest BCUT2D eigenvalue weighted by atomic mass is 10.1. The molecule has 1 unspecified atom stereocenters. The Morgan fingerprint density at radius 1 is 0.848 bits per heavy atom. The lowest BCUT2D eigenvalue weighted by Gasteiger charge is -2.21. The standard InChI is InChI=1S/C35H36N4O6S/c1-21-7-11-24(12-8-21)46(40,41)35(37-19-22-9-10-23(42-3)15-31(22)43-4)25-13-14-36-34-27(25)16-29(38-34)28-20-39(2)30-18-33(45-6)32(44-5)17-26(28)30/h7-18,20,35,37H,19H2,1-6H3,(H,36,38). The average Bonchev–Trinajstić information content (AvgIpc) is 3.65. The summed E-state index contributed by atoms with van der Waals surface area (Å²) in [5.74, 6) is 2.47. The Bertz CT molecular complexity index is 2150. The number of pyridine rings is 1. The van der Waals surface area contributed by atoms with Crippen LogP contribution in [0.5, 0.6) is 23.0 Å². The minimum Gasteiger partial charge on any atom is -0.497 e. The number of aromatic nitrogens is 3. The van der Waals surface area contributed by atoms with Crippen LogP contribution in [-0.4, -0.2) is 51.4 Å². The molecule has 0 saturated heterocycles. The Morgan fingerprint density at radius 2 is 1.57 bits per heavy atom. The zero-order valence-electron chi connectivity index (χ0n) is 26.5. The monoisotopic (exact) mass is 640 g/mol. The van der Waals surface area contributed by atoms with Crippen LogP contribution >= 0.6 is 0 Å². The fraction of sp³-hybridized carbons (Fsp3) is 0.229. The molecule has 0 spiro atoms. The van der Waals surface area contributed by atoms with E-state index in [-0.39, 0.29) is 11.4 Å². The number of hydrogen-bond donors (Lipinski definition) is 2. The van der Waals surface area contributed by atoms with Crippen molar-refractivity contribution in [2.75, 3.05) is 28.4 Å². The van der Waals surface area contributed by atoms with E-state index in [1.54, 1.807) is 71.0 Å². The maximum atomic E-state index is 14.4. The molecule has 6 aromatic rings.